The van der Waals surface area contributed by atoms with Gasteiger partial charge in [0.15, 0.2) is 23.7 Å². The largest absolute Gasteiger partial charge is 0.337 e. The van der Waals surface area contributed by atoms with Crippen LogP contribution >= 0.6 is 0 Å². The van der Waals surface area contributed by atoms with Crippen molar-refractivity contribution in [2.75, 3.05) is 4.90 Å². The zero-order valence-corrected chi connectivity index (χ0v) is 16.1. The minimum absolute atomic E-state index is 0.0475. The van der Waals surface area contributed by atoms with Gasteiger partial charge < -0.3 is 4.52 Å². The number of rotatable bonds is 4. The average molecular weight is 424 g/mol. The summed E-state index contributed by atoms with van der Waals surface area (Å²) in [6, 6.07) is 8.23. The van der Waals surface area contributed by atoms with Crippen LogP contribution in [0.4, 0.5) is 14.5 Å². The maximum atomic E-state index is 13.6. The fraction of sp³-hybridized carbons (Fsp3) is 0.200. The van der Waals surface area contributed by atoms with E-state index < -0.39 is 35.5 Å². The number of halogens is 2. The van der Waals surface area contributed by atoms with Crippen LogP contribution in [0.5, 0.6) is 0 Å². The highest BCUT2D eigenvalue weighted by Crippen LogP contribution is 2.33. The summed E-state index contributed by atoms with van der Waals surface area (Å²) in [4.78, 5) is 30.7. The molecule has 31 heavy (non-hydrogen) atoms. The summed E-state index contributed by atoms with van der Waals surface area (Å²) >= 11 is 0. The zero-order chi connectivity index (χ0) is 21.7. The molecule has 0 aliphatic carbocycles. The maximum Gasteiger partial charge on any atom is 0.263 e. The highest BCUT2D eigenvalue weighted by molar-refractivity contribution is 6.25. The Morgan fingerprint density at radius 2 is 1.81 bits per heavy atom. The SMILES string of the molecule is Cc1ccc(-c2noc(CN3N=N[C@@H]4C(=O)N(c5ccc(F)c(F)c5)C(=O)[C@H]43)n2)cc1. The molecule has 0 spiro atoms. The molecule has 3 aromatic rings. The number of anilines is 1. The highest BCUT2D eigenvalue weighted by atomic mass is 19.2. The Morgan fingerprint density at radius 1 is 1.03 bits per heavy atom. The molecule has 156 valence electrons. The lowest BCUT2D eigenvalue weighted by atomic mass is 10.1. The van der Waals surface area contributed by atoms with Crippen molar-refractivity contribution < 1.29 is 22.9 Å². The number of amides is 2. The lowest BCUT2D eigenvalue weighted by molar-refractivity contribution is -0.123. The summed E-state index contributed by atoms with van der Waals surface area (Å²) < 4.78 is 32.1. The van der Waals surface area contributed by atoms with E-state index in [1.165, 1.54) is 5.01 Å². The lowest BCUT2D eigenvalue weighted by Crippen LogP contribution is -2.39. The van der Waals surface area contributed by atoms with E-state index in [4.69, 9.17) is 4.52 Å². The van der Waals surface area contributed by atoms with Gasteiger partial charge in [-0.1, -0.05) is 40.2 Å². The fourth-order valence-electron chi connectivity index (χ4n) is 3.51. The maximum absolute atomic E-state index is 13.6. The molecule has 11 heteroatoms. The summed E-state index contributed by atoms with van der Waals surface area (Å²) in [5, 5.41) is 13.0. The molecule has 0 radical (unpaired) electrons. The summed E-state index contributed by atoms with van der Waals surface area (Å²) in [5.41, 5.74) is 1.78. The van der Waals surface area contributed by atoms with Gasteiger partial charge in [0.25, 0.3) is 11.8 Å². The first kappa shape index (κ1) is 19.0. The van der Waals surface area contributed by atoms with Crippen molar-refractivity contribution >= 4 is 17.5 Å². The molecule has 3 heterocycles. The molecule has 0 saturated carbocycles. The number of hydrogen-bond acceptors (Lipinski definition) is 8. The third kappa shape index (κ3) is 3.14. The van der Waals surface area contributed by atoms with Crippen LogP contribution in [0.1, 0.15) is 11.5 Å². The first-order chi connectivity index (χ1) is 14.9. The van der Waals surface area contributed by atoms with Gasteiger partial charge >= 0.3 is 0 Å². The number of hydrogen-bond donors (Lipinski definition) is 0. The van der Waals surface area contributed by atoms with E-state index in [0.717, 1.165) is 34.2 Å². The second-order valence-electron chi connectivity index (χ2n) is 7.18. The molecule has 5 rings (SSSR count). The van der Waals surface area contributed by atoms with E-state index in [1.807, 2.05) is 31.2 Å². The zero-order valence-electron chi connectivity index (χ0n) is 16.1. The molecule has 0 bridgehead atoms. The quantitative estimate of drug-likeness (QED) is 0.597. The van der Waals surface area contributed by atoms with Crippen LogP contribution in [-0.2, 0) is 16.1 Å². The molecular formula is C20H14F2N6O3. The lowest BCUT2D eigenvalue weighted by Gasteiger charge is -2.19. The van der Waals surface area contributed by atoms with Gasteiger partial charge in [-0.05, 0) is 19.1 Å². The number of imide groups is 1. The number of fused-ring (bicyclic) bond motifs is 1. The van der Waals surface area contributed by atoms with Gasteiger partial charge in [-0.15, -0.1) is 0 Å². The smallest absolute Gasteiger partial charge is 0.263 e. The summed E-state index contributed by atoms with van der Waals surface area (Å²) in [6.45, 7) is 1.91. The fourth-order valence-corrected chi connectivity index (χ4v) is 3.51. The van der Waals surface area contributed by atoms with Gasteiger partial charge in [-0.25, -0.2) is 13.7 Å². The van der Waals surface area contributed by atoms with Crippen molar-refractivity contribution in [1.82, 2.24) is 15.1 Å². The average Bonchev–Trinajstić information content (AvgIpc) is 3.44. The van der Waals surface area contributed by atoms with Crippen molar-refractivity contribution in [3.63, 3.8) is 0 Å². The molecule has 2 amide bonds. The first-order valence-electron chi connectivity index (χ1n) is 9.32. The van der Waals surface area contributed by atoms with Crippen molar-refractivity contribution in [2.24, 2.45) is 10.3 Å². The molecule has 9 nitrogen and oxygen atoms in total. The van der Waals surface area contributed by atoms with Crippen molar-refractivity contribution in [1.29, 1.82) is 0 Å². The third-order valence-electron chi connectivity index (χ3n) is 5.09. The molecule has 1 saturated heterocycles. The Morgan fingerprint density at radius 3 is 2.55 bits per heavy atom. The van der Waals surface area contributed by atoms with E-state index in [0.29, 0.717) is 5.82 Å². The van der Waals surface area contributed by atoms with Crippen LogP contribution < -0.4 is 4.90 Å². The third-order valence-corrected chi connectivity index (χ3v) is 5.09. The van der Waals surface area contributed by atoms with Gasteiger partial charge in [0.2, 0.25) is 11.7 Å². The molecule has 2 aromatic carbocycles. The predicted octanol–water partition coefficient (Wildman–Crippen LogP) is 2.82. The summed E-state index contributed by atoms with van der Waals surface area (Å²) in [7, 11) is 0. The molecule has 2 aliphatic heterocycles. The van der Waals surface area contributed by atoms with Crippen LogP contribution in [0.25, 0.3) is 11.4 Å². The monoisotopic (exact) mass is 424 g/mol. The number of benzene rings is 2. The topological polar surface area (TPSA) is 104 Å². The van der Waals surface area contributed by atoms with Crippen LogP contribution in [-0.4, -0.2) is 39.0 Å². The number of carbonyl (C=O) groups is 2. The van der Waals surface area contributed by atoms with E-state index >= 15 is 0 Å². The Kier molecular flexibility index (Phi) is 4.31. The van der Waals surface area contributed by atoms with Gasteiger partial charge in [0.1, 0.15) is 6.54 Å². The number of carbonyl (C=O) groups excluding carboxylic acids is 2. The highest BCUT2D eigenvalue weighted by Gasteiger charge is 2.55. The Hall–Kier alpha value is -4.02. The van der Waals surface area contributed by atoms with Gasteiger partial charge in [-0.2, -0.15) is 10.1 Å². The number of aryl methyl sites for hydroxylation is 1. The normalized spacial score (nSPS) is 20.1. The Labute approximate surface area is 173 Å². The molecular weight excluding hydrogens is 410 g/mol. The molecule has 2 atom stereocenters. The summed E-state index contributed by atoms with van der Waals surface area (Å²) in [5.74, 6) is -3.00. The number of aromatic nitrogens is 2. The van der Waals surface area contributed by atoms with E-state index in [-0.39, 0.29) is 18.1 Å². The van der Waals surface area contributed by atoms with Crippen LogP contribution in [0.15, 0.2) is 57.3 Å². The first-order valence-corrected chi connectivity index (χ1v) is 9.32. The molecule has 0 N–H and O–H groups in total. The second kappa shape index (κ2) is 7.04. The van der Waals surface area contributed by atoms with E-state index in [2.05, 4.69) is 20.5 Å². The molecule has 1 aromatic heterocycles. The van der Waals surface area contributed by atoms with Crippen molar-refractivity contribution in [2.45, 2.75) is 25.6 Å². The van der Waals surface area contributed by atoms with Crippen LogP contribution in [0, 0.1) is 18.6 Å². The van der Waals surface area contributed by atoms with Crippen molar-refractivity contribution in [3.05, 3.63) is 65.6 Å². The second-order valence-corrected chi connectivity index (χ2v) is 7.18. The van der Waals surface area contributed by atoms with E-state index in [9.17, 15) is 18.4 Å². The van der Waals surface area contributed by atoms with Crippen molar-refractivity contribution in [3.8, 4) is 11.4 Å². The van der Waals surface area contributed by atoms with Crippen LogP contribution in [0.3, 0.4) is 0 Å². The standard InChI is InChI=1S/C20H14F2N6O3/c1-10-2-4-11(5-3-10)18-23-15(31-25-18)9-27-17-16(24-26-27)19(29)28(20(17)30)12-6-7-13(21)14(22)8-12/h2-8,16-17H,9H2,1H3/t16-,17-/m0/s1. The predicted molar refractivity (Wildman–Crippen MR) is 101 cm³/mol. The Bertz CT molecular complexity index is 1230. The molecule has 0 unspecified atom stereocenters. The van der Waals surface area contributed by atoms with Crippen LogP contribution in [0.2, 0.25) is 0 Å². The minimum Gasteiger partial charge on any atom is -0.337 e. The van der Waals surface area contributed by atoms with Gasteiger partial charge in [0, 0.05) is 11.6 Å². The molecule has 1 fully saturated rings. The van der Waals surface area contributed by atoms with Gasteiger partial charge in [-0.3, -0.25) is 14.6 Å². The van der Waals surface area contributed by atoms with Gasteiger partial charge in [0.05, 0.1) is 5.69 Å². The minimum atomic E-state index is -1.16. The number of nitrogens with zero attached hydrogens (tertiary/aromatic N) is 6. The molecule has 2 aliphatic rings. The van der Waals surface area contributed by atoms with E-state index in [1.54, 1.807) is 0 Å². The summed E-state index contributed by atoms with van der Waals surface area (Å²) in [6.07, 6.45) is 0. The Balaban J connectivity index is 1.36.